The molecule has 0 saturated heterocycles. The van der Waals surface area contributed by atoms with Gasteiger partial charge in [-0.25, -0.2) is 9.59 Å². The lowest BCUT2D eigenvalue weighted by Crippen LogP contribution is -2.61. The second kappa shape index (κ2) is 12.9. The summed E-state index contributed by atoms with van der Waals surface area (Å²) >= 11 is 6.75. The number of anilines is 1. The molecule has 4 aromatic carbocycles. The molecule has 0 saturated carbocycles. The number of Topliss-reactive ketones (excluding diaryl/α,β-unsaturated/α-hetero) is 1. The molecule has 9 heteroatoms. The minimum absolute atomic E-state index is 0.0158. The van der Waals surface area contributed by atoms with Gasteiger partial charge in [-0.05, 0) is 60.4 Å². The maximum Gasteiger partial charge on any atom is 0.355 e. The highest BCUT2D eigenvalue weighted by Crippen LogP contribution is 2.63. The third-order valence-corrected chi connectivity index (χ3v) is 9.67. The summed E-state index contributed by atoms with van der Waals surface area (Å²) in [6.45, 7) is 3.48. The summed E-state index contributed by atoms with van der Waals surface area (Å²) in [5.41, 5.74) is 1.48. The Morgan fingerprint density at radius 1 is 0.816 bits per heavy atom. The monoisotopic (exact) mass is 672 g/mol. The third kappa shape index (κ3) is 5.06. The normalized spacial score (nSPS) is 20.5. The van der Waals surface area contributed by atoms with Gasteiger partial charge in [-0.1, -0.05) is 96.5 Å². The predicted molar refractivity (Wildman–Crippen MR) is 185 cm³/mol. The van der Waals surface area contributed by atoms with E-state index in [0.717, 1.165) is 11.1 Å². The maximum absolute atomic E-state index is 15.8. The Morgan fingerprint density at radius 3 is 2.18 bits per heavy atom. The number of halogens is 1. The molecule has 3 heterocycles. The molecule has 0 radical (unpaired) electrons. The van der Waals surface area contributed by atoms with Crippen molar-refractivity contribution in [3.8, 4) is 0 Å². The number of amides is 1. The average Bonchev–Trinajstić information content (AvgIpc) is 3.34. The molecule has 1 unspecified atom stereocenters. The van der Waals surface area contributed by atoms with Gasteiger partial charge in [0, 0.05) is 22.5 Å². The lowest BCUT2D eigenvalue weighted by atomic mass is 9.56. The van der Waals surface area contributed by atoms with E-state index in [4.69, 9.17) is 21.1 Å². The molecule has 1 amide bonds. The van der Waals surface area contributed by atoms with Gasteiger partial charge in [0.1, 0.15) is 11.1 Å². The molecule has 0 aliphatic carbocycles. The van der Waals surface area contributed by atoms with Crippen molar-refractivity contribution in [1.82, 2.24) is 4.90 Å². The van der Waals surface area contributed by atoms with Crippen LogP contribution in [0, 0.1) is 5.92 Å². The van der Waals surface area contributed by atoms with Crippen molar-refractivity contribution in [2.75, 3.05) is 18.1 Å². The van der Waals surface area contributed by atoms with Gasteiger partial charge in [0.25, 0.3) is 0 Å². The second-order valence-corrected chi connectivity index (χ2v) is 12.5. The van der Waals surface area contributed by atoms with Crippen LogP contribution in [0.4, 0.5) is 5.69 Å². The van der Waals surface area contributed by atoms with E-state index in [-0.39, 0.29) is 36.6 Å². The third-order valence-electron chi connectivity index (χ3n) is 9.43. The van der Waals surface area contributed by atoms with Crippen LogP contribution in [-0.2, 0) is 35.8 Å². The zero-order chi connectivity index (χ0) is 34.3. The van der Waals surface area contributed by atoms with Crippen LogP contribution in [0.5, 0.6) is 0 Å². The van der Waals surface area contributed by atoms with Crippen molar-refractivity contribution in [2.45, 2.75) is 31.8 Å². The molecular formula is C40H33ClN2O6. The molecule has 246 valence electrons. The summed E-state index contributed by atoms with van der Waals surface area (Å²) in [5.74, 6) is -4.13. The van der Waals surface area contributed by atoms with Crippen molar-refractivity contribution < 1.29 is 28.7 Å². The summed E-state index contributed by atoms with van der Waals surface area (Å²) < 4.78 is 11.2. The predicted octanol–water partition coefficient (Wildman–Crippen LogP) is 7.05. The van der Waals surface area contributed by atoms with Gasteiger partial charge in [-0.2, -0.15) is 0 Å². The van der Waals surface area contributed by atoms with Crippen LogP contribution in [0.15, 0.2) is 121 Å². The molecule has 4 aromatic rings. The molecule has 3 atom stereocenters. The van der Waals surface area contributed by atoms with Crippen LogP contribution in [0.3, 0.4) is 0 Å². The van der Waals surface area contributed by atoms with E-state index in [0.29, 0.717) is 21.8 Å². The number of carbonyl (C=O) groups is 4. The molecule has 0 fully saturated rings. The first-order chi connectivity index (χ1) is 23.8. The molecule has 0 N–H and O–H groups in total. The van der Waals surface area contributed by atoms with E-state index < -0.39 is 41.0 Å². The van der Waals surface area contributed by atoms with Gasteiger partial charge in [-0.3, -0.25) is 9.59 Å². The van der Waals surface area contributed by atoms with E-state index in [1.165, 1.54) is 0 Å². The first-order valence-corrected chi connectivity index (χ1v) is 16.6. The number of fused-ring (bicyclic) bond motifs is 6. The molecule has 1 spiro atoms. The van der Waals surface area contributed by atoms with Crippen molar-refractivity contribution in [3.63, 3.8) is 0 Å². The van der Waals surface area contributed by atoms with Gasteiger partial charge in [0.15, 0.2) is 5.78 Å². The van der Waals surface area contributed by atoms with Gasteiger partial charge in [0.05, 0.1) is 37.3 Å². The second-order valence-electron chi connectivity index (χ2n) is 12.0. The summed E-state index contributed by atoms with van der Waals surface area (Å²) in [6, 6.07) is 29.8. The topological polar surface area (TPSA) is 93.2 Å². The summed E-state index contributed by atoms with van der Waals surface area (Å²) in [6.07, 6.45) is 3.50. The SMILES string of the molecule is CCOC(=O)C1=C(C(=O)OCC)N2C=Cc3ccccc3[C@H]2[C@]2(C(=O)N(Cc3ccccc3)c3ccc(Cl)cc32)C1C(=O)c1ccccc1. The first-order valence-electron chi connectivity index (χ1n) is 16.2. The lowest BCUT2D eigenvalue weighted by Gasteiger charge is -2.52. The number of ketones is 1. The Kier molecular flexibility index (Phi) is 8.42. The molecule has 49 heavy (non-hydrogen) atoms. The summed E-state index contributed by atoms with van der Waals surface area (Å²) in [4.78, 5) is 62.8. The fourth-order valence-corrected chi connectivity index (χ4v) is 7.74. The fraction of sp³-hybridized carbons (Fsp3) is 0.200. The Hall–Kier alpha value is -5.47. The van der Waals surface area contributed by atoms with Gasteiger partial charge < -0.3 is 19.3 Å². The van der Waals surface area contributed by atoms with Crippen molar-refractivity contribution in [3.05, 3.63) is 153 Å². The molecule has 3 aliphatic heterocycles. The number of hydrogen-bond acceptors (Lipinski definition) is 7. The fourth-order valence-electron chi connectivity index (χ4n) is 7.57. The zero-order valence-corrected chi connectivity index (χ0v) is 27.7. The van der Waals surface area contributed by atoms with E-state index in [2.05, 4.69) is 0 Å². The molecule has 0 aromatic heterocycles. The van der Waals surface area contributed by atoms with Gasteiger partial charge in [-0.15, -0.1) is 0 Å². The number of ether oxygens (including phenoxy) is 2. The molecule has 3 aliphatic rings. The van der Waals surface area contributed by atoms with Crippen LogP contribution in [-0.4, -0.2) is 41.7 Å². The maximum atomic E-state index is 15.8. The van der Waals surface area contributed by atoms with Crippen LogP contribution >= 0.6 is 11.6 Å². The van der Waals surface area contributed by atoms with Gasteiger partial charge in [0.2, 0.25) is 5.91 Å². The quantitative estimate of drug-likeness (QED) is 0.146. The Bertz CT molecular complexity index is 2040. The highest BCUT2D eigenvalue weighted by atomic mass is 35.5. The number of carbonyl (C=O) groups excluding carboxylic acids is 4. The molecular weight excluding hydrogens is 640 g/mol. The Labute approximate surface area is 289 Å². The minimum atomic E-state index is -1.79. The number of esters is 2. The van der Waals surface area contributed by atoms with Crippen LogP contribution < -0.4 is 4.90 Å². The van der Waals surface area contributed by atoms with E-state index >= 15 is 9.59 Å². The highest BCUT2D eigenvalue weighted by Gasteiger charge is 2.69. The van der Waals surface area contributed by atoms with Gasteiger partial charge >= 0.3 is 11.9 Å². The van der Waals surface area contributed by atoms with Crippen molar-refractivity contribution >= 4 is 47.0 Å². The van der Waals surface area contributed by atoms with Crippen LogP contribution in [0.2, 0.25) is 5.02 Å². The summed E-state index contributed by atoms with van der Waals surface area (Å²) in [5, 5.41) is 0.349. The Balaban J connectivity index is 1.63. The zero-order valence-electron chi connectivity index (χ0n) is 27.0. The minimum Gasteiger partial charge on any atom is -0.463 e. The number of rotatable bonds is 8. The largest absolute Gasteiger partial charge is 0.463 e. The van der Waals surface area contributed by atoms with Crippen LogP contribution in [0.1, 0.15) is 52.5 Å². The van der Waals surface area contributed by atoms with E-state index in [1.54, 1.807) is 78.4 Å². The van der Waals surface area contributed by atoms with E-state index in [9.17, 15) is 9.59 Å². The standard InChI is InChI=1S/C40H33ClN2O6/c1-3-48-37(45)32-33(35(44)27-16-9-6-10-17-27)40(36-29-18-12-11-15-26(29)21-22-42(36)34(32)38(46)49-4-2)30-23-28(41)19-20-31(30)43(39(40)47)24-25-13-7-5-8-14-25/h5-23,33,36H,3-4,24H2,1-2H3/t33?,36-,40+/m0/s1. The van der Waals surface area contributed by atoms with E-state index in [1.807, 2.05) is 60.7 Å². The number of benzene rings is 4. The van der Waals surface area contributed by atoms with Crippen molar-refractivity contribution in [1.29, 1.82) is 0 Å². The smallest absolute Gasteiger partial charge is 0.355 e. The van der Waals surface area contributed by atoms with Crippen molar-refractivity contribution in [2.24, 2.45) is 5.92 Å². The summed E-state index contributed by atoms with van der Waals surface area (Å²) in [7, 11) is 0. The number of nitrogens with zero attached hydrogens (tertiary/aromatic N) is 2. The Morgan fingerprint density at radius 2 is 1.47 bits per heavy atom. The first kappa shape index (κ1) is 32.1. The molecule has 7 rings (SSSR count). The van der Waals surface area contributed by atoms with Crippen LogP contribution in [0.25, 0.3) is 6.08 Å². The number of hydrogen-bond donors (Lipinski definition) is 0. The molecule has 0 bridgehead atoms. The highest BCUT2D eigenvalue weighted by molar-refractivity contribution is 6.31. The lowest BCUT2D eigenvalue weighted by molar-refractivity contribution is -0.146. The average molecular weight is 673 g/mol. The molecule has 8 nitrogen and oxygen atoms in total.